The van der Waals surface area contributed by atoms with E-state index in [-0.39, 0.29) is 35.8 Å². The number of carbonyl (C=O) groups is 1. The number of benzene rings is 1. The fourth-order valence-electron chi connectivity index (χ4n) is 3.46. The van der Waals surface area contributed by atoms with Crippen LogP contribution in [0.5, 0.6) is 5.75 Å². The quantitative estimate of drug-likeness (QED) is 0.246. The molecule has 176 valence electrons. The molecule has 1 unspecified atom stereocenters. The van der Waals surface area contributed by atoms with E-state index in [4.69, 9.17) is 19.6 Å². The number of methoxy groups -OCH3 is 1. The second-order valence-electron chi connectivity index (χ2n) is 7.14. The van der Waals surface area contributed by atoms with E-state index in [2.05, 4.69) is 32.7 Å². The molecule has 1 atom stereocenters. The Morgan fingerprint density at radius 1 is 1.19 bits per heavy atom. The highest BCUT2D eigenvalue weighted by molar-refractivity contribution is 14.0. The topological polar surface area (TPSA) is 114 Å². The maximum atomic E-state index is 11.2. The highest BCUT2D eigenvalue weighted by Gasteiger charge is 2.23. The molecule has 0 aliphatic carbocycles. The number of halogens is 1. The first kappa shape index (κ1) is 25.9. The average molecular weight is 557 g/mol. The maximum Gasteiger partial charge on any atom is 0.284 e. The third kappa shape index (κ3) is 7.38. The fourth-order valence-corrected chi connectivity index (χ4v) is 3.46. The lowest BCUT2D eigenvalue weighted by atomic mass is 10.0. The Balaban J connectivity index is 0.00000363. The second-order valence-corrected chi connectivity index (χ2v) is 7.14. The number of amides is 1. The van der Waals surface area contributed by atoms with Gasteiger partial charge in [-0.3, -0.25) is 9.69 Å². The van der Waals surface area contributed by atoms with Gasteiger partial charge in [-0.2, -0.15) is 0 Å². The van der Waals surface area contributed by atoms with E-state index in [0.29, 0.717) is 24.8 Å². The Morgan fingerprint density at radius 3 is 2.50 bits per heavy atom. The fraction of sp³-hybridized carbons (Fsp3) is 0.455. The minimum absolute atomic E-state index is 0. The number of ether oxygens (including phenoxy) is 2. The van der Waals surface area contributed by atoms with Gasteiger partial charge < -0.3 is 30.3 Å². The maximum absolute atomic E-state index is 11.2. The summed E-state index contributed by atoms with van der Waals surface area (Å²) in [7, 11) is 1.67. The van der Waals surface area contributed by atoms with Gasteiger partial charge in [-0.25, -0.2) is 4.99 Å². The molecule has 0 radical (unpaired) electrons. The molecular weight excluding hydrogens is 525 g/mol. The number of rotatable bonds is 9. The van der Waals surface area contributed by atoms with Crippen molar-refractivity contribution in [1.82, 2.24) is 15.5 Å². The lowest BCUT2D eigenvalue weighted by molar-refractivity contribution is 0.0170. The Hall–Kier alpha value is -2.31. The normalized spacial score (nSPS) is 15.5. The van der Waals surface area contributed by atoms with Crippen LogP contribution in [-0.4, -0.2) is 63.3 Å². The highest BCUT2D eigenvalue weighted by Crippen LogP contribution is 2.23. The molecule has 1 fully saturated rings. The van der Waals surface area contributed by atoms with Crippen molar-refractivity contribution in [3.8, 4) is 5.75 Å². The molecule has 0 spiro atoms. The van der Waals surface area contributed by atoms with Gasteiger partial charge in [0.1, 0.15) is 18.1 Å². The van der Waals surface area contributed by atoms with E-state index in [1.807, 2.05) is 19.1 Å². The summed E-state index contributed by atoms with van der Waals surface area (Å²) in [5.74, 6) is 1.63. The van der Waals surface area contributed by atoms with Crippen LogP contribution >= 0.6 is 24.0 Å². The van der Waals surface area contributed by atoms with Crippen LogP contribution in [0.15, 0.2) is 45.8 Å². The van der Waals surface area contributed by atoms with Crippen LogP contribution in [0.2, 0.25) is 0 Å². The zero-order valence-electron chi connectivity index (χ0n) is 18.5. The predicted molar refractivity (Wildman–Crippen MR) is 134 cm³/mol. The van der Waals surface area contributed by atoms with Gasteiger partial charge in [0.25, 0.3) is 5.91 Å². The number of aliphatic imine (C=N–C) groups is 1. The summed E-state index contributed by atoms with van der Waals surface area (Å²) in [4.78, 5) is 18.2. The monoisotopic (exact) mass is 557 g/mol. The number of hydrogen-bond donors (Lipinski definition) is 3. The van der Waals surface area contributed by atoms with Crippen molar-refractivity contribution in [2.45, 2.75) is 19.5 Å². The number of hydrogen-bond acceptors (Lipinski definition) is 6. The number of furan rings is 1. The van der Waals surface area contributed by atoms with E-state index >= 15 is 0 Å². The average Bonchev–Trinajstić information content (AvgIpc) is 3.28. The molecule has 2 aromatic rings. The van der Waals surface area contributed by atoms with Crippen LogP contribution in [0.25, 0.3) is 0 Å². The summed E-state index contributed by atoms with van der Waals surface area (Å²) >= 11 is 0. The number of nitrogens with two attached hydrogens (primary N) is 1. The minimum atomic E-state index is -0.590. The first-order valence-corrected chi connectivity index (χ1v) is 10.5. The molecule has 1 aromatic carbocycles. The molecule has 4 N–H and O–H groups in total. The molecule has 1 aromatic heterocycles. The van der Waals surface area contributed by atoms with Crippen molar-refractivity contribution in [2.75, 3.05) is 46.5 Å². The van der Waals surface area contributed by atoms with E-state index in [9.17, 15) is 4.79 Å². The van der Waals surface area contributed by atoms with Crippen LogP contribution in [-0.2, 0) is 11.3 Å². The molecule has 3 rings (SSSR count). The van der Waals surface area contributed by atoms with Crippen molar-refractivity contribution in [2.24, 2.45) is 10.7 Å². The van der Waals surface area contributed by atoms with Crippen LogP contribution in [0.3, 0.4) is 0 Å². The number of primary amides is 1. The van der Waals surface area contributed by atoms with Gasteiger partial charge in [-0.15, -0.1) is 24.0 Å². The van der Waals surface area contributed by atoms with Gasteiger partial charge >= 0.3 is 0 Å². The zero-order valence-corrected chi connectivity index (χ0v) is 20.8. The lowest BCUT2D eigenvalue weighted by Crippen LogP contribution is -2.46. The number of nitrogens with one attached hydrogen (secondary N) is 2. The highest BCUT2D eigenvalue weighted by atomic mass is 127. The van der Waals surface area contributed by atoms with Crippen molar-refractivity contribution in [3.05, 3.63) is 53.5 Å². The molecular formula is C22H32IN5O4. The Kier molecular flexibility index (Phi) is 10.8. The molecule has 32 heavy (non-hydrogen) atoms. The molecule has 10 heteroatoms. The Morgan fingerprint density at radius 2 is 1.91 bits per heavy atom. The summed E-state index contributed by atoms with van der Waals surface area (Å²) < 4.78 is 16.2. The molecule has 2 heterocycles. The predicted octanol–water partition coefficient (Wildman–Crippen LogP) is 2.13. The summed E-state index contributed by atoms with van der Waals surface area (Å²) in [5.41, 5.74) is 6.44. The second kappa shape index (κ2) is 13.3. The van der Waals surface area contributed by atoms with Gasteiger partial charge in [-0.05, 0) is 36.8 Å². The van der Waals surface area contributed by atoms with Crippen molar-refractivity contribution in [1.29, 1.82) is 0 Å². The van der Waals surface area contributed by atoms with Gasteiger partial charge in [0.2, 0.25) is 0 Å². The number of nitrogens with zero attached hydrogens (tertiary/aromatic N) is 2. The van der Waals surface area contributed by atoms with E-state index < -0.39 is 5.91 Å². The summed E-state index contributed by atoms with van der Waals surface area (Å²) in [5, 5.41) is 6.69. The molecule has 1 aliphatic rings. The first-order chi connectivity index (χ1) is 15.1. The number of guanidine groups is 1. The molecule has 0 bridgehead atoms. The molecule has 9 nitrogen and oxygen atoms in total. The van der Waals surface area contributed by atoms with Crippen LogP contribution in [0.4, 0.5) is 0 Å². The summed E-state index contributed by atoms with van der Waals surface area (Å²) in [6.45, 7) is 6.89. The number of carbonyl (C=O) groups excluding carboxylic acids is 1. The number of morpholine rings is 1. The van der Waals surface area contributed by atoms with Gasteiger partial charge in [0, 0.05) is 26.2 Å². The molecule has 1 aliphatic heterocycles. The third-order valence-electron chi connectivity index (χ3n) is 5.09. The molecule has 1 saturated heterocycles. The van der Waals surface area contributed by atoms with Gasteiger partial charge in [0.15, 0.2) is 11.7 Å². The van der Waals surface area contributed by atoms with E-state index in [1.165, 1.54) is 5.56 Å². The smallest absolute Gasteiger partial charge is 0.284 e. The standard InChI is InChI=1S/C22H31N5O4.HI/c1-3-24-22(25-14-18-8-9-20(31-18)21(23)28)26-15-19(27-10-12-30-13-11-27)16-4-6-17(29-2)7-5-16;/h4-9,19H,3,10-15H2,1-2H3,(H2,23,28)(H2,24,25,26);1H. The SMILES string of the molecule is CCNC(=NCc1ccc(C(N)=O)o1)NCC(c1ccc(OC)cc1)N1CCOCC1.I. The largest absolute Gasteiger partial charge is 0.497 e. The third-order valence-corrected chi connectivity index (χ3v) is 5.09. The van der Waals surface area contributed by atoms with Gasteiger partial charge in [0.05, 0.1) is 26.4 Å². The van der Waals surface area contributed by atoms with Crippen LogP contribution in [0, 0.1) is 0 Å². The molecule has 1 amide bonds. The summed E-state index contributed by atoms with van der Waals surface area (Å²) in [6, 6.07) is 11.6. The van der Waals surface area contributed by atoms with Crippen molar-refractivity contribution in [3.63, 3.8) is 0 Å². The lowest BCUT2D eigenvalue weighted by Gasteiger charge is -2.35. The zero-order chi connectivity index (χ0) is 22.1. The van der Waals surface area contributed by atoms with E-state index in [0.717, 1.165) is 38.6 Å². The van der Waals surface area contributed by atoms with E-state index in [1.54, 1.807) is 19.2 Å². The van der Waals surface area contributed by atoms with Gasteiger partial charge in [-0.1, -0.05) is 12.1 Å². The first-order valence-electron chi connectivity index (χ1n) is 10.5. The van der Waals surface area contributed by atoms with Crippen LogP contribution < -0.4 is 21.1 Å². The molecule has 0 saturated carbocycles. The van der Waals surface area contributed by atoms with Crippen molar-refractivity contribution >= 4 is 35.8 Å². The summed E-state index contributed by atoms with van der Waals surface area (Å²) in [6.07, 6.45) is 0. The Labute approximate surface area is 205 Å². The minimum Gasteiger partial charge on any atom is -0.497 e. The van der Waals surface area contributed by atoms with Crippen molar-refractivity contribution < 1.29 is 18.7 Å². The Bertz CT molecular complexity index is 865. The van der Waals surface area contributed by atoms with Crippen LogP contribution in [0.1, 0.15) is 34.8 Å².